The van der Waals surface area contributed by atoms with Crippen LogP contribution in [0.2, 0.25) is 0 Å². The van der Waals surface area contributed by atoms with Crippen LogP contribution in [0.5, 0.6) is 0 Å². The van der Waals surface area contributed by atoms with E-state index in [1.54, 1.807) is 44.2 Å². The monoisotopic (exact) mass is 480 g/mol. The molecule has 0 heterocycles. The predicted octanol–water partition coefficient (Wildman–Crippen LogP) is 3.95. The summed E-state index contributed by atoms with van der Waals surface area (Å²) in [4.78, 5) is 23.1. The molecule has 0 saturated heterocycles. The highest BCUT2D eigenvalue weighted by Gasteiger charge is 2.28. The van der Waals surface area contributed by atoms with E-state index in [0.29, 0.717) is 17.0 Å². The Bertz CT molecular complexity index is 1340. The third kappa shape index (κ3) is 5.46. The summed E-state index contributed by atoms with van der Waals surface area (Å²) in [5.74, 6) is -0.637. The lowest BCUT2D eigenvalue weighted by molar-refractivity contribution is -0.384. The number of anilines is 1. The van der Waals surface area contributed by atoms with Crippen LogP contribution in [0, 0.1) is 24.0 Å². The van der Waals surface area contributed by atoms with Gasteiger partial charge < -0.3 is 0 Å². The summed E-state index contributed by atoms with van der Waals surface area (Å²) >= 11 is 0. The van der Waals surface area contributed by atoms with Crippen LogP contribution in [0.15, 0.2) is 82.8 Å². The van der Waals surface area contributed by atoms with Crippen LogP contribution in [0.1, 0.15) is 23.6 Å². The van der Waals surface area contributed by atoms with Gasteiger partial charge >= 0.3 is 0 Å². The first kappa shape index (κ1) is 24.6. The number of carbonyl (C=O) groups is 1. The molecule has 0 fully saturated rings. The van der Waals surface area contributed by atoms with Crippen LogP contribution < -0.4 is 9.73 Å². The normalized spacial score (nSPS) is 11.7. The third-order valence-electron chi connectivity index (χ3n) is 5.31. The topological polar surface area (TPSA) is 122 Å². The summed E-state index contributed by atoms with van der Waals surface area (Å²) < 4.78 is 27.9. The van der Waals surface area contributed by atoms with Crippen molar-refractivity contribution >= 4 is 33.0 Å². The van der Waals surface area contributed by atoms with Crippen molar-refractivity contribution in [1.82, 2.24) is 5.43 Å². The largest absolute Gasteiger partial charge is 0.271 e. The van der Waals surface area contributed by atoms with Gasteiger partial charge in [-0.25, -0.2) is 13.8 Å². The number of amides is 1. The van der Waals surface area contributed by atoms with E-state index in [-0.39, 0.29) is 10.6 Å². The molecule has 3 aromatic rings. The molecular weight excluding hydrogens is 456 g/mol. The summed E-state index contributed by atoms with van der Waals surface area (Å²) in [6, 6.07) is 18.9. The number of nitrogens with one attached hydrogen (secondary N) is 1. The first-order chi connectivity index (χ1) is 16.1. The maximum absolute atomic E-state index is 13.4. The first-order valence-electron chi connectivity index (χ1n) is 10.3. The Morgan fingerprint density at radius 3 is 2.26 bits per heavy atom. The number of carbonyl (C=O) groups excluding carboxylic acids is 1. The molecule has 0 aliphatic carbocycles. The van der Waals surface area contributed by atoms with Gasteiger partial charge in [-0.3, -0.25) is 19.2 Å². The Morgan fingerprint density at radius 2 is 1.65 bits per heavy atom. The van der Waals surface area contributed by atoms with E-state index in [4.69, 9.17) is 0 Å². The van der Waals surface area contributed by atoms with Gasteiger partial charge in [0, 0.05) is 12.1 Å². The maximum Gasteiger partial charge on any atom is 0.269 e. The molecule has 0 radical (unpaired) electrons. The van der Waals surface area contributed by atoms with Crippen molar-refractivity contribution in [1.29, 1.82) is 0 Å². The number of nitro benzene ring substituents is 1. The lowest BCUT2D eigenvalue weighted by Gasteiger charge is -2.26. The zero-order chi connectivity index (χ0) is 24.9. The fourth-order valence-corrected chi connectivity index (χ4v) is 4.73. The average Bonchev–Trinajstić information content (AvgIpc) is 2.83. The number of aryl methyl sites for hydroxylation is 1. The number of hydrazone groups is 1. The average molecular weight is 481 g/mol. The van der Waals surface area contributed by atoms with E-state index in [9.17, 15) is 23.3 Å². The Kier molecular flexibility index (Phi) is 7.42. The van der Waals surface area contributed by atoms with Crippen LogP contribution in [-0.2, 0) is 14.8 Å². The number of sulfonamides is 1. The third-order valence-corrected chi connectivity index (χ3v) is 7.08. The molecule has 34 heavy (non-hydrogen) atoms. The van der Waals surface area contributed by atoms with Crippen molar-refractivity contribution in [3.63, 3.8) is 0 Å². The quantitative estimate of drug-likeness (QED) is 0.297. The van der Waals surface area contributed by atoms with E-state index in [1.807, 2.05) is 13.0 Å². The number of non-ortho nitro benzene ring substituents is 1. The fraction of sp³-hybridized carbons (Fsp3) is 0.167. The van der Waals surface area contributed by atoms with Gasteiger partial charge in [-0.15, -0.1) is 0 Å². The molecule has 0 spiro atoms. The highest BCUT2D eigenvalue weighted by Crippen LogP contribution is 2.28. The number of nitrogens with zero attached hydrogens (tertiary/aromatic N) is 3. The smallest absolute Gasteiger partial charge is 0.269 e. The number of hydrogen-bond acceptors (Lipinski definition) is 6. The maximum atomic E-state index is 13.4. The predicted molar refractivity (Wildman–Crippen MR) is 130 cm³/mol. The van der Waals surface area contributed by atoms with Crippen LogP contribution >= 0.6 is 0 Å². The second kappa shape index (κ2) is 10.3. The lowest BCUT2D eigenvalue weighted by Crippen LogP contribution is -2.40. The molecule has 0 atom stereocenters. The zero-order valence-electron chi connectivity index (χ0n) is 18.9. The van der Waals surface area contributed by atoms with Crippen molar-refractivity contribution < 1.29 is 18.1 Å². The molecule has 9 nitrogen and oxygen atoms in total. The molecule has 3 rings (SSSR count). The highest BCUT2D eigenvalue weighted by molar-refractivity contribution is 7.92. The second-order valence-corrected chi connectivity index (χ2v) is 9.44. The van der Waals surface area contributed by atoms with E-state index in [2.05, 4.69) is 10.5 Å². The summed E-state index contributed by atoms with van der Waals surface area (Å²) in [6.45, 7) is 4.81. The standard InChI is InChI=1S/C24H24N4O5S/c1-17-8-7-11-23(18(17)2)27(34(32,33)22-9-5-4-6-10-22)16-24(29)26-25-19(3)20-12-14-21(15-13-20)28(30)31/h4-15H,16H2,1-3H3,(H,26,29)/b25-19-. The lowest BCUT2D eigenvalue weighted by atomic mass is 10.1. The first-order valence-corrected chi connectivity index (χ1v) is 11.8. The van der Waals surface area contributed by atoms with Gasteiger partial charge in [0.25, 0.3) is 21.6 Å². The molecule has 0 bridgehead atoms. The number of benzene rings is 3. The number of hydrogen-bond donors (Lipinski definition) is 1. The van der Waals surface area contributed by atoms with Crippen molar-refractivity contribution in [3.8, 4) is 0 Å². The van der Waals surface area contributed by atoms with Gasteiger partial charge in [-0.1, -0.05) is 30.3 Å². The van der Waals surface area contributed by atoms with Crippen molar-refractivity contribution in [2.24, 2.45) is 5.10 Å². The number of rotatable bonds is 8. The van der Waals surface area contributed by atoms with Gasteiger partial charge in [-0.2, -0.15) is 5.10 Å². The minimum Gasteiger partial charge on any atom is -0.271 e. The van der Waals surface area contributed by atoms with Crippen LogP contribution in [0.4, 0.5) is 11.4 Å². The molecule has 0 unspecified atom stereocenters. The second-order valence-electron chi connectivity index (χ2n) is 7.58. The van der Waals surface area contributed by atoms with Gasteiger partial charge in [-0.05, 0) is 67.8 Å². The summed E-state index contributed by atoms with van der Waals surface area (Å²) in [5, 5.41) is 14.8. The Hall–Kier alpha value is -4.05. The minimum absolute atomic E-state index is 0.0594. The minimum atomic E-state index is -4.03. The van der Waals surface area contributed by atoms with Crippen molar-refractivity contribution in [2.45, 2.75) is 25.7 Å². The molecule has 0 saturated carbocycles. The Labute approximate surface area is 197 Å². The van der Waals surface area contributed by atoms with Gasteiger partial charge in [0.1, 0.15) is 6.54 Å². The molecule has 1 amide bonds. The van der Waals surface area contributed by atoms with E-state index in [1.165, 1.54) is 36.4 Å². The summed E-state index contributed by atoms with van der Waals surface area (Å²) in [5.41, 5.74) is 5.34. The highest BCUT2D eigenvalue weighted by atomic mass is 32.2. The molecule has 10 heteroatoms. The van der Waals surface area contributed by atoms with Crippen LogP contribution in [0.25, 0.3) is 0 Å². The van der Waals surface area contributed by atoms with Gasteiger partial charge in [0.15, 0.2) is 0 Å². The molecule has 1 N–H and O–H groups in total. The van der Waals surface area contributed by atoms with Crippen molar-refractivity contribution in [2.75, 3.05) is 10.8 Å². The Balaban J connectivity index is 1.87. The number of nitro groups is 1. The molecule has 0 aromatic heterocycles. The van der Waals surface area contributed by atoms with Crippen LogP contribution in [0.3, 0.4) is 0 Å². The molecule has 0 aliphatic heterocycles. The molecule has 176 valence electrons. The van der Waals surface area contributed by atoms with E-state index >= 15 is 0 Å². The van der Waals surface area contributed by atoms with Crippen LogP contribution in [-0.4, -0.2) is 31.5 Å². The van der Waals surface area contributed by atoms with Gasteiger partial charge in [0.2, 0.25) is 0 Å². The summed E-state index contributed by atoms with van der Waals surface area (Å²) in [7, 11) is -4.03. The molecular formula is C24H24N4O5S. The fourth-order valence-electron chi connectivity index (χ4n) is 3.23. The zero-order valence-corrected chi connectivity index (χ0v) is 19.7. The molecule has 3 aromatic carbocycles. The SMILES string of the molecule is C/C(=N/NC(=O)CN(c1cccc(C)c1C)S(=O)(=O)c1ccccc1)c1ccc([N+](=O)[O-])cc1. The summed E-state index contributed by atoms with van der Waals surface area (Å²) in [6.07, 6.45) is 0. The van der Waals surface area contributed by atoms with Gasteiger partial charge in [0.05, 0.1) is 21.2 Å². The Morgan fingerprint density at radius 1 is 1.00 bits per heavy atom. The van der Waals surface area contributed by atoms with E-state index < -0.39 is 27.4 Å². The molecule has 0 aliphatic rings. The van der Waals surface area contributed by atoms with Crippen molar-refractivity contribution in [3.05, 3.63) is 99.6 Å². The van der Waals surface area contributed by atoms with E-state index in [0.717, 1.165) is 15.4 Å².